The van der Waals surface area contributed by atoms with Gasteiger partial charge in [-0.25, -0.2) is 4.39 Å². The molecule has 11 heteroatoms. The van der Waals surface area contributed by atoms with Crippen molar-refractivity contribution < 1.29 is 27.1 Å². The minimum Gasteiger partial charge on any atom is -0.490 e. The SMILES string of the molecule is CC.CC.CSNC(=O)c1cc(Cl)c(OCC2CCCN2c2ccc(C(F)(F)F)c(Cl)c2)cc1F. The Morgan fingerprint density at radius 3 is 2.37 bits per heavy atom. The fourth-order valence-electron chi connectivity index (χ4n) is 3.41. The van der Waals surface area contributed by atoms with Gasteiger partial charge in [-0.15, -0.1) is 0 Å². The van der Waals surface area contributed by atoms with Crippen molar-refractivity contribution in [3.05, 3.63) is 57.3 Å². The smallest absolute Gasteiger partial charge is 0.417 e. The van der Waals surface area contributed by atoms with Crippen LogP contribution in [0.4, 0.5) is 23.2 Å². The highest BCUT2D eigenvalue weighted by molar-refractivity contribution is 7.97. The maximum absolute atomic E-state index is 14.3. The quantitative estimate of drug-likeness (QED) is 0.287. The summed E-state index contributed by atoms with van der Waals surface area (Å²) in [5.41, 5.74) is -0.545. The van der Waals surface area contributed by atoms with E-state index in [1.807, 2.05) is 32.6 Å². The highest BCUT2D eigenvalue weighted by Gasteiger charge is 2.34. The summed E-state index contributed by atoms with van der Waals surface area (Å²) in [6, 6.07) is 5.70. The van der Waals surface area contributed by atoms with Gasteiger partial charge < -0.3 is 9.64 Å². The number of nitrogens with zero attached hydrogens (tertiary/aromatic N) is 1. The number of benzene rings is 2. The maximum Gasteiger partial charge on any atom is 0.417 e. The first kappa shape index (κ1) is 31.2. The average molecular weight is 557 g/mol. The molecule has 2 aromatic carbocycles. The number of halogens is 6. The van der Waals surface area contributed by atoms with Crippen LogP contribution >= 0.6 is 35.1 Å². The Bertz CT molecular complexity index is 977. The molecule has 1 N–H and O–H groups in total. The third-order valence-corrected chi connectivity index (χ3v) is 5.86. The minimum atomic E-state index is -4.52. The summed E-state index contributed by atoms with van der Waals surface area (Å²) < 4.78 is 61.3. The predicted octanol–water partition coefficient (Wildman–Crippen LogP) is 8.26. The van der Waals surface area contributed by atoms with Crippen molar-refractivity contribution in [2.75, 3.05) is 24.3 Å². The Morgan fingerprint density at radius 2 is 1.80 bits per heavy atom. The molecule has 0 saturated carbocycles. The molecule has 0 spiro atoms. The van der Waals surface area contributed by atoms with Gasteiger partial charge in [0.15, 0.2) is 0 Å². The van der Waals surface area contributed by atoms with Crippen molar-refractivity contribution in [2.24, 2.45) is 0 Å². The van der Waals surface area contributed by atoms with Crippen molar-refractivity contribution in [1.29, 1.82) is 0 Å². The highest BCUT2D eigenvalue weighted by Crippen LogP contribution is 2.38. The van der Waals surface area contributed by atoms with E-state index < -0.39 is 23.5 Å². The van der Waals surface area contributed by atoms with Crippen LogP contribution in [0.5, 0.6) is 5.75 Å². The van der Waals surface area contributed by atoms with E-state index in [9.17, 15) is 22.4 Å². The molecule has 4 nitrogen and oxygen atoms in total. The molecule has 0 bridgehead atoms. The molecule has 1 heterocycles. The standard InChI is InChI=1S/C20H18Cl2F4N2O2S.2C2H6/c1-31-27-19(29)13-8-16(22)18(9-17(13)23)30-10-12-3-2-6-28(12)11-4-5-14(15(21)7-11)20(24,25)26;2*1-2/h4-5,7-9,12H,2-3,6,10H2,1H3,(H,27,29);2*1-2H3. The molecule has 196 valence electrons. The maximum atomic E-state index is 14.3. The second kappa shape index (κ2) is 14.7. The van der Waals surface area contributed by atoms with E-state index in [-0.39, 0.29) is 34.0 Å². The number of alkyl halides is 3. The second-order valence-corrected chi connectivity index (χ2v) is 8.29. The lowest BCUT2D eigenvalue weighted by Crippen LogP contribution is -2.34. The molecule has 0 radical (unpaired) electrons. The monoisotopic (exact) mass is 556 g/mol. The molecule has 1 atom stereocenters. The van der Waals surface area contributed by atoms with Crippen LogP contribution in [0.25, 0.3) is 0 Å². The van der Waals surface area contributed by atoms with Crippen molar-refractivity contribution in [1.82, 2.24) is 4.72 Å². The Balaban J connectivity index is 0.00000145. The highest BCUT2D eigenvalue weighted by atomic mass is 35.5. The molecule has 1 amide bonds. The molecule has 3 rings (SSSR count). The van der Waals surface area contributed by atoms with Gasteiger partial charge >= 0.3 is 6.18 Å². The van der Waals surface area contributed by atoms with E-state index in [4.69, 9.17) is 27.9 Å². The van der Waals surface area contributed by atoms with Crippen molar-refractivity contribution in [2.45, 2.75) is 52.8 Å². The fourth-order valence-corrected chi connectivity index (χ4v) is 4.20. The van der Waals surface area contributed by atoms with Crippen LogP contribution in [0.1, 0.15) is 56.5 Å². The van der Waals surface area contributed by atoms with Crippen molar-refractivity contribution in [3.63, 3.8) is 0 Å². The van der Waals surface area contributed by atoms with Gasteiger partial charge in [-0.05, 0) is 37.1 Å². The van der Waals surface area contributed by atoms with E-state index >= 15 is 0 Å². The zero-order chi connectivity index (χ0) is 26.8. The van der Waals surface area contributed by atoms with E-state index in [2.05, 4.69) is 4.72 Å². The summed E-state index contributed by atoms with van der Waals surface area (Å²) in [4.78, 5) is 13.7. The molecule has 1 aliphatic rings. The van der Waals surface area contributed by atoms with Crippen LogP contribution < -0.4 is 14.4 Å². The summed E-state index contributed by atoms with van der Waals surface area (Å²) in [5.74, 6) is -1.31. The largest absolute Gasteiger partial charge is 0.490 e. The van der Waals surface area contributed by atoms with Gasteiger partial charge in [0.2, 0.25) is 0 Å². The van der Waals surface area contributed by atoms with E-state index in [1.165, 1.54) is 18.2 Å². The van der Waals surface area contributed by atoms with Gasteiger partial charge in [-0.3, -0.25) is 9.52 Å². The van der Waals surface area contributed by atoms with Gasteiger partial charge in [0.25, 0.3) is 5.91 Å². The average Bonchev–Trinajstić information content (AvgIpc) is 3.30. The number of hydrogen-bond acceptors (Lipinski definition) is 4. The zero-order valence-corrected chi connectivity index (χ0v) is 22.6. The van der Waals surface area contributed by atoms with Crippen LogP contribution in [-0.2, 0) is 6.18 Å². The molecular formula is C24H30Cl2F4N2O2S. The number of rotatable bonds is 6. The molecule has 35 heavy (non-hydrogen) atoms. The topological polar surface area (TPSA) is 41.6 Å². The van der Waals surface area contributed by atoms with Crippen LogP contribution in [0, 0.1) is 5.82 Å². The summed E-state index contributed by atoms with van der Waals surface area (Å²) in [7, 11) is 0. The van der Waals surface area contributed by atoms with Crippen LogP contribution in [0.2, 0.25) is 10.0 Å². The minimum absolute atomic E-state index is 0.0785. The van der Waals surface area contributed by atoms with E-state index in [0.29, 0.717) is 12.2 Å². The van der Waals surface area contributed by atoms with Crippen molar-refractivity contribution in [3.8, 4) is 5.75 Å². The lowest BCUT2D eigenvalue weighted by Gasteiger charge is -2.27. The summed E-state index contributed by atoms with van der Waals surface area (Å²) >= 11 is 13.0. The zero-order valence-electron chi connectivity index (χ0n) is 20.2. The number of hydrogen-bond donors (Lipinski definition) is 1. The Morgan fingerprint density at radius 1 is 1.14 bits per heavy atom. The first-order valence-electron chi connectivity index (χ1n) is 11.2. The summed E-state index contributed by atoms with van der Waals surface area (Å²) in [5, 5.41) is -0.296. The van der Waals surface area contributed by atoms with Gasteiger partial charge in [-0.1, -0.05) is 62.8 Å². The fraction of sp³-hybridized carbons (Fsp3) is 0.458. The first-order valence-corrected chi connectivity index (χ1v) is 13.2. The van der Waals surface area contributed by atoms with E-state index in [0.717, 1.165) is 36.9 Å². The van der Waals surface area contributed by atoms with Crippen LogP contribution in [-0.4, -0.2) is 31.4 Å². The number of carbonyl (C=O) groups is 1. The Hall–Kier alpha value is -1.84. The lowest BCUT2D eigenvalue weighted by molar-refractivity contribution is -0.137. The van der Waals surface area contributed by atoms with Gasteiger partial charge in [0.05, 0.1) is 27.2 Å². The van der Waals surface area contributed by atoms with Crippen LogP contribution in [0.3, 0.4) is 0 Å². The van der Waals surface area contributed by atoms with Gasteiger partial charge in [0, 0.05) is 24.6 Å². The van der Waals surface area contributed by atoms with Gasteiger partial charge in [0.1, 0.15) is 18.2 Å². The number of nitrogens with one attached hydrogen (secondary N) is 1. The van der Waals surface area contributed by atoms with Crippen LogP contribution in [0.15, 0.2) is 30.3 Å². The molecule has 1 aliphatic heterocycles. The van der Waals surface area contributed by atoms with Crippen molar-refractivity contribution >= 4 is 46.7 Å². The molecule has 1 fully saturated rings. The molecule has 1 saturated heterocycles. The Labute approximate surface area is 218 Å². The molecule has 2 aromatic rings. The van der Waals surface area contributed by atoms with Gasteiger partial charge in [-0.2, -0.15) is 13.2 Å². The number of carbonyl (C=O) groups excluding carboxylic acids is 1. The third-order valence-electron chi connectivity index (χ3n) is 4.86. The molecular weight excluding hydrogens is 527 g/mol. The number of anilines is 1. The first-order chi connectivity index (χ1) is 16.6. The Kier molecular flexibility index (Phi) is 13.1. The third kappa shape index (κ3) is 8.36. The normalized spacial score (nSPS) is 14.9. The number of amides is 1. The second-order valence-electron chi connectivity index (χ2n) is 6.86. The van der Waals surface area contributed by atoms with E-state index in [1.54, 1.807) is 6.26 Å². The molecule has 0 aromatic heterocycles. The molecule has 1 unspecified atom stereocenters. The summed E-state index contributed by atoms with van der Waals surface area (Å²) in [6.45, 7) is 8.75. The predicted molar refractivity (Wildman–Crippen MR) is 137 cm³/mol. The lowest BCUT2D eigenvalue weighted by atomic mass is 10.1. The number of ether oxygens (including phenoxy) is 1. The summed E-state index contributed by atoms with van der Waals surface area (Å²) in [6.07, 6.45) is -1.36. The molecule has 0 aliphatic carbocycles.